The minimum absolute atomic E-state index is 0.245. The van der Waals surface area contributed by atoms with E-state index >= 15 is 0 Å². The summed E-state index contributed by atoms with van der Waals surface area (Å²) < 4.78 is 5.02. The van der Waals surface area contributed by atoms with Crippen molar-refractivity contribution in [2.75, 3.05) is 11.9 Å². The summed E-state index contributed by atoms with van der Waals surface area (Å²) in [4.78, 5) is 24.8. The highest BCUT2D eigenvalue weighted by Gasteiger charge is 2.09. The number of anilines is 1. The Morgan fingerprint density at radius 2 is 2.00 bits per heavy atom. The molecule has 1 amide bonds. The van der Waals surface area contributed by atoms with Crippen molar-refractivity contribution >= 4 is 28.9 Å². The van der Waals surface area contributed by atoms with Gasteiger partial charge in [0.15, 0.2) is 6.61 Å². The van der Waals surface area contributed by atoms with E-state index in [0.29, 0.717) is 6.42 Å². The van der Waals surface area contributed by atoms with Gasteiger partial charge in [-0.05, 0) is 55.3 Å². The van der Waals surface area contributed by atoms with Crippen molar-refractivity contribution in [3.05, 3.63) is 51.7 Å². The Bertz CT molecular complexity index is 665. The molecule has 0 fully saturated rings. The van der Waals surface area contributed by atoms with Gasteiger partial charge in [-0.2, -0.15) is 0 Å². The highest BCUT2D eigenvalue weighted by atomic mass is 32.1. The fourth-order valence-electron chi connectivity index (χ4n) is 2.15. The van der Waals surface area contributed by atoms with Gasteiger partial charge in [0.1, 0.15) is 0 Å². The smallest absolute Gasteiger partial charge is 0.306 e. The lowest BCUT2D eigenvalue weighted by atomic mass is 10.1. The molecular weight excluding hydrogens is 310 g/mol. The Labute approximate surface area is 140 Å². The molecule has 0 aliphatic rings. The van der Waals surface area contributed by atoms with Crippen LogP contribution in [0.15, 0.2) is 35.7 Å². The maximum Gasteiger partial charge on any atom is 0.306 e. The zero-order valence-corrected chi connectivity index (χ0v) is 14.2. The minimum atomic E-state index is -0.335. The van der Waals surface area contributed by atoms with Crippen LogP contribution >= 0.6 is 11.3 Å². The van der Waals surface area contributed by atoms with Crippen molar-refractivity contribution in [1.29, 1.82) is 0 Å². The normalized spacial score (nSPS) is 10.3. The zero-order valence-electron chi connectivity index (χ0n) is 13.4. The SMILES string of the molecule is Cc1cccc(NC(=O)COC(=O)CCCc2cccs2)c1C. The standard InChI is InChI=1S/C18H21NO3S/c1-13-6-3-9-16(14(13)2)19-17(20)12-22-18(21)10-4-7-15-8-5-11-23-15/h3,5-6,8-9,11H,4,7,10,12H2,1-2H3,(H,19,20). The van der Waals surface area contributed by atoms with E-state index in [0.717, 1.165) is 29.7 Å². The highest BCUT2D eigenvalue weighted by Crippen LogP contribution is 2.17. The molecule has 0 radical (unpaired) electrons. The first-order chi connectivity index (χ1) is 11.1. The number of benzene rings is 1. The largest absolute Gasteiger partial charge is 0.456 e. The molecule has 4 nitrogen and oxygen atoms in total. The molecule has 0 bridgehead atoms. The molecule has 1 heterocycles. The number of carbonyl (C=O) groups excluding carboxylic acids is 2. The highest BCUT2D eigenvalue weighted by molar-refractivity contribution is 7.09. The third-order valence-corrected chi connectivity index (χ3v) is 4.56. The molecule has 0 aliphatic carbocycles. The summed E-state index contributed by atoms with van der Waals surface area (Å²) in [6.07, 6.45) is 1.92. The van der Waals surface area contributed by atoms with Crippen LogP contribution in [0.3, 0.4) is 0 Å². The van der Waals surface area contributed by atoms with Gasteiger partial charge >= 0.3 is 5.97 Å². The number of aryl methyl sites for hydroxylation is 2. The molecule has 122 valence electrons. The summed E-state index contributed by atoms with van der Waals surface area (Å²) in [5.41, 5.74) is 2.88. The van der Waals surface area contributed by atoms with E-state index in [1.807, 2.05) is 49.6 Å². The second-order valence-electron chi connectivity index (χ2n) is 5.39. The average Bonchev–Trinajstić information content (AvgIpc) is 3.03. The van der Waals surface area contributed by atoms with Crippen LogP contribution in [0.4, 0.5) is 5.69 Å². The van der Waals surface area contributed by atoms with E-state index < -0.39 is 0 Å². The van der Waals surface area contributed by atoms with Gasteiger partial charge in [0, 0.05) is 17.0 Å². The number of nitrogens with one attached hydrogen (secondary N) is 1. The maximum atomic E-state index is 11.9. The van der Waals surface area contributed by atoms with Gasteiger partial charge in [-0.25, -0.2) is 0 Å². The predicted molar refractivity (Wildman–Crippen MR) is 92.8 cm³/mol. The summed E-state index contributed by atoms with van der Waals surface area (Å²) >= 11 is 1.68. The summed E-state index contributed by atoms with van der Waals surface area (Å²) in [6.45, 7) is 3.69. The first-order valence-electron chi connectivity index (χ1n) is 7.60. The lowest BCUT2D eigenvalue weighted by Gasteiger charge is -2.10. The van der Waals surface area contributed by atoms with Gasteiger partial charge in [-0.1, -0.05) is 18.2 Å². The van der Waals surface area contributed by atoms with Crippen LogP contribution in [-0.2, 0) is 20.7 Å². The monoisotopic (exact) mass is 331 g/mol. The van der Waals surface area contributed by atoms with Gasteiger partial charge in [-0.3, -0.25) is 9.59 Å². The molecule has 0 saturated carbocycles. The first-order valence-corrected chi connectivity index (χ1v) is 8.48. The van der Waals surface area contributed by atoms with Crippen LogP contribution in [0.1, 0.15) is 28.8 Å². The number of hydrogen-bond acceptors (Lipinski definition) is 4. The van der Waals surface area contributed by atoms with Crippen molar-refractivity contribution in [1.82, 2.24) is 0 Å². The van der Waals surface area contributed by atoms with Crippen molar-refractivity contribution in [2.45, 2.75) is 33.1 Å². The molecule has 1 aromatic carbocycles. The van der Waals surface area contributed by atoms with E-state index in [9.17, 15) is 9.59 Å². The second kappa shape index (κ2) is 8.48. The van der Waals surface area contributed by atoms with Gasteiger partial charge in [-0.15, -0.1) is 11.3 Å². The Morgan fingerprint density at radius 3 is 2.74 bits per heavy atom. The van der Waals surface area contributed by atoms with Gasteiger partial charge < -0.3 is 10.1 Å². The fourth-order valence-corrected chi connectivity index (χ4v) is 2.90. The fraction of sp³-hybridized carbons (Fsp3) is 0.333. The third kappa shape index (κ3) is 5.53. The van der Waals surface area contributed by atoms with Crippen LogP contribution in [0.25, 0.3) is 0 Å². The molecule has 5 heteroatoms. The van der Waals surface area contributed by atoms with Crippen LogP contribution in [0.5, 0.6) is 0 Å². The minimum Gasteiger partial charge on any atom is -0.456 e. The zero-order chi connectivity index (χ0) is 16.7. The Balaban J connectivity index is 1.69. The Kier molecular flexibility index (Phi) is 6.35. The molecule has 1 N–H and O–H groups in total. The molecule has 23 heavy (non-hydrogen) atoms. The van der Waals surface area contributed by atoms with Gasteiger partial charge in [0.2, 0.25) is 0 Å². The molecule has 0 unspecified atom stereocenters. The van der Waals surface area contributed by atoms with E-state index in [2.05, 4.69) is 5.32 Å². The first kappa shape index (κ1) is 17.2. The number of rotatable bonds is 7. The van der Waals surface area contributed by atoms with E-state index in [4.69, 9.17) is 4.74 Å². The molecular formula is C18H21NO3S. The molecule has 0 saturated heterocycles. The second-order valence-corrected chi connectivity index (χ2v) is 6.42. The number of amides is 1. The molecule has 0 spiro atoms. The van der Waals surface area contributed by atoms with Crippen molar-refractivity contribution in [3.8, 4) is 0 Å². The Morgan fingerprint density at radius 1 is 1.17 bits per heavy atom. The molecule has 2 rings (SSSR count). The maximum absolute atomic E-state index is 11.9. The Hall–Kier alpha value is -2.14. The molecule has 2 aromatic rings. The molecule has 0 atom stereocenters. The van der Waals surface area contributed by atoms with Crippen LogP contribution in [0, 0.1) is 13.8 Å². The third-order valence-electron chi connectivity index (χ3n) is 3.63. The number of carbonyl (C=O) groups is 2. The summed E-state index contributed by atoms with van der Waals surface area (Å²) in [7, 11) is 0. The van der Waals surface area contributed by atoms with E-state index in [1.165, 1.54) is 4.88 Å². The average molecular weight is 331 g/mol. The van der Waals surface area contributed by atoms with E-state index in [-0.39, 0.29) is 18.5 Å². The summed E-state index contributed by atoms with van der Waals surface area (Å²) in [6, 6.07) is 9.75. The molecule has 0 aliphatic heterocycles. The quantitative estimate of drug-likeness (QED) is 0.784. The van der Waals surface area contributed by atoms with E-state index in [1.54, 1.807) is 11.3 Å². The van der Waals surface area contributed by atoms with Crippen LogP contribution in [-0.4, -0.2) is 18.5 Å². The number of thiophene rings is 1. The van der Waals surface area contributed by atoms with Crippen LogP contribution in [0.2, 0.25) is 0 Å². The summed E-state index contributed by atoms with van der Waals surface area (Å²) in [5.74, 6) is -0.650. The lowest BCUT2D eigenvalue weighted by molar-refractivity contribution is -0.147. The van der Waals surface area contributed by atoms with Gasteiger partial charge in [0.25, 0.3) is 5.91 Å². The topological polar surface area (TPSA) is 55.4 Å². The summed E-state index contributed by atoms with van der Waals surface area (Å²) in [5, 5.41) is 4.79. The molecule has 1 aromatic heterocycles. The predicted octanol–water partition coefficient (Wildman–Crippen LogP) is 3.87. The van der Waals surface area contributed by atoms with Gasteiger partial charge in [0.05, 0.1) is 0 Å². The van der Waals surface area contributed by atoms with Crippen LogP contribution < -0.4 is 5.32 Å². The lowest BCUT2D eigenvalue weighted by Crippen LogP contribution is -2.21. The number of ether oxygens (including phenoxy) is 1. The van der Waals surface area contributed by atoms with Crippen molar-refractivity contribution < 1.29 is 14.3 Å². The van der Waals surface area contributed by atoms with Crippen molar-refractivity contribution in [2.24, 2.45) is 0 Å². The number of esters is 1. The number of hydrogen-bond donors (Lipinski definition) is 1. The van der Waals surface area contributed by atoms with Crippen molar-refractivity contribution in [3.63, 3.8) is 0 Å².